The van der Waals surface area contributed by atoms with E-state index in [9.17, 15) is 14.4 Å². The molecule has 2 N–H and O–H groups in total. The number of benzene rings is 2. The molecule has 6 heterocycles. The summed E-state index contributed by atoms with van der Waals surface area (Å²) in [6.07, 6.45) is 4.22. The standard InChI is InChI=1S/C51H61N7O6S/c1-9-57-39-20-19-32-23-35(39)36(45(57)34-17-13-21-52-42(34)29(4)62-8)25-51(6,7)27-64-50(61)37-18-14-22-58(56-37)49(60)44(46(63-10-2)48-55-43(32)30(5)65-48)54-47(59)41-28(3)40(41)38-24-31-15-11-12-16-33(31)26-53-38/h11-13,15-17,19-21,23-24,26,28-30,37,40-41,43-44,46,56H,9-10,14,18,22,25,27H2,1-8H3,(H,54,59)/t28-,29+,30?,37+,40-,41+,43?,44+,46+/m1/s1. The lowest BCUT2D eigenvalue weighted by Gasteiger charge is -2.37. The van der Waals surface area contributed by atoms with E-state index in [0.717, 1.165) is 55.4 Å². The first-order chi connectivity index (χ1) is 31.3. The van der Waals surface area contributed by atoms with E-state index in [-0.39, 0.29) is 54.3 Å². The van der Waals surface area contributed by atoms with Crippen LogP contribution in [0, 0.1) is 17.3 Å². The molecular weight excluding hydrogens is 839 g/mol. The summed E-state index contributed by atoms with van der Waals surface area (Å²) in [7, 11) is 1.70. The Labute approximate surface area is 385 Å². The molecule has 1 saturated carbocycles. The summed E-state index contributed by atoms with van der Waals surface area (Å²) < 4.78 is 20.9. The predicted octanol–water partition coefficient (Wildman–Crippen LogP) is 8.11. The lowest BCUT2D eigenvalue weighted by atomic mass is 9.84. The molecule has 9 atom stereocenters. The normalized spacial score (nSPS) is 27.3. The maximum Gasteiger partial charge on any atom is 0.324 e. The van der Waals surface area contributed by atoms with Crippen LogP contribution in [0.25, 0.3) is 32.9 Å². The van der Waals surface area contributed by atoms with Crippen molar-refractivity contribution in [1.29, 1.82) is 0 Å². The van der Waals surface area contributed by atoms with Gasteiger partial charge in [-0.05, 0) is 92.8 Å². The Bertz CT molecular complexity index is 2660. The van der Waals surface area contributed by atoms with Crippen molar-refractivity contribution in [3.8, 4) is 11.3 Å². The van der Waals surface area contributed by atoms with Gasteiger partial charge in [0.05, 0.1) is 30.1 Å². The third-order valence-corrected chi connectivity index (χ3v) is 15.0. The van der Waals surface area contributed by atoms with Gasteiger partial charge < -0.3 is 24.1 Å². The van der Waals surface area contributed by atoms with E-state index in [1.807, 2.05) is 50.5 Å². The van der Waals surface area contributed by atoms with Crippen LogP contribution in [0.5, 0.6) is 0 Å². The fraction of sp³-hybridized carbons (Fsp3) is 0.490. The molecule has 1 aliphatic carbocycles. The van der Waals surface area contributed by atoms with Crippen molar-refractivity contribution in [2.24, 2.45) is 22.2 Å². The van der Waals surface area contributed by atoms with Gasteiger partial charge in [0.25, 0.3) is 5.91 Å². The van der Waals surface area contributed by atoms with Gasteiger partial charge in [0.1, 0.15) is 23.2 Å². The molecule has 5 aromatic rings. The highest BCUT2D eigenvalue weighted by molar-refractivity contribution is 8.14. The summed E-state index contributed by atoms with van der Waals surface area (Å²) in [6.45, 7) is 16.0. The number of aliphatic imine (C=N–C) groups is 1. The second-order valence-corrected chi connectivity index (χ2v) is 20.3. The van der Waals surface area contributed by atoms with Gasteiger partial charge in [-0.3, -0.25) is 34.4 Å². The number of pyridine rings is 2. The van der Waals surface area contributed by atoms with Crippen LogP contribution >= 0.6 is 11.8 Å². The molecule has 13 nitrogen and oxygen atoms in total. The Morgan fingerprint density at radius 1 is 1.06 bits per heavy atom. The fourth-order valence-electron chi connectivity index (χ4n) is 10.3. The van der Waals surface area contributed by atoms with Crippen LogP contribution < -0.4 is 10.7 Å². The second-order valence-electron chi connectivity index (χ2n) is 18.9. The number of methoxy groups -OCH3 is 1. The molecule has 6 bridgehead atoms. The average Bonchev–Trinajstić information content (AvgIpc) is 3.70. The van der Waals surface area contributed by atoms with Crippen molar-refractivity contribution in [3.05, 3.63) is 95.6 Å². The Kier molecular flexibility index (Phi) is 12.6. The number of fused-ring (bicyclic) bond motifs is 6. The Balaban J connectivity index is 1.14. The van der Waals surface area contributed by atoms with Crippen LogP contribution in [0.1, 0.15) is 102 Å². The van der Waals surface area contributed by atoms with Crippen LogP contribution in [0.2, 0.25) is 0 Å². The van der Waals surface area contributed by atoms with E-state index in [1.165, 1.54) is 5.01 Å². The van der Waals surface area contributed by atoms with Gasteiger partial charge >= 0.3 is 5.97 Å². The maximum atomic E-state index is 15.0. The van der Waals surface area contributed by atoms with Crippen LogP contribution in [0.4, 0.5) is 0 Å². The van der Waals surface area contributed by atoms with Gasteiger partial charge in [0.2, 0.25) is 5.91 Å². The minimum atomic E-state index is -1.13. The van der Waals surface area contributed by atoms with Crippen molar-refractivity contribution in [2.75, 3.05) is 26.9 Å². The number of aryl methyl sites for hydroxylation is 1. The number of carbonyl (C=O) groups is 3. The van der Waals surface area contributed by atoms with E-state index in [1.54, 1.807) is 18.9 Å². The van der Waals surface area contributed by atoms with Gasteiger partial charge in [-0.1, -0.05) is 58.0 Å². The predicted molar refractivity (Wildman–Crippen MR) is 254 cm³/mol. The molecule has 9 rings (SSSR count). The van der Waals surface area contributed by atoms with Crippen molar-refractivity contribution >= 4 is 56.3 Å². The number of hydrogen-bond acceptors (Lipinski definition) is 11. The van der Waals surface area contributed by atoms with Crippen molar-refractivity contribution in [1.82, 2.24) is 30.3 Å². The van der Waals surface area contributed by atoms with Crippen molar-refractivity contribution in [2.45, 2.75) is 116 Å². The molecule has 65 heavy (non-hydrogen) atoms. The summed E-state index contributed by atoms with van der Waals surface area (Å²) in [5, 5.41) is 8.52. The summed E-state index contributed by atoms with van der Waals surface area (Å²) in [6, 6.07) is 18.7. The largest absolute Gasteiger partial charge is 0.464 e. The number of ether oxygens (including phenoxy) is 3. The molecule has 2 fully saturated rings. The summed E-state index contributed by atoms with van der Waals surface area (Å²) >= 11 is 1.58. The average molecular weight is 900 g/mol. The number of carbonyl (C=O) groups excluding carboxylic acids is 3. The van der Waals surface area contributed by atoms with E-state index < -0.39 is 35.5 Å². The number of rotatable bonds is 9. The quantitative estimate of drug-likeness (QED) is 0.139. The Morgan fingerprint density at radius 2 is 1.86 bits per heavy atom. The first kappa shape index (κ1) is 45.0. The van der Waals surface area contributed by atoms with Crippen molar-refractivity contribution in [3.63, 3.8) is 0 Å². The number of amides is 2. The topological polar surface area (TPSA) is 149 Å². The lowest BCUT2D eigenvalue weighted by molar-refractivity contribution is -0.156. The zero-order valence-electron chi connectivity index (χ0n) is 38.7. The number of aromatic nitrogens is 3. The van der Waals surface area contributed by atoms with Crippen LogP contribution in [-0.4, -0.2) is 92.7 Å². The molecule has 2 aromatic carbocycles. The first-order valence-electron chi connectivity index (χ1n) is 23.2. The molecule has 2 unspecified atom stereocenters. The lowest BCUT2D eigenvalue weighted by Crippen LogP contribution is -2.63. The summed E-state index contributed by atoms with van der Waals surface area (Å²) in [4.78, 5) is 58.5. The monoisotopic (exact) mass is 899 g/mol. The van der Waals surface area contributed by atoms with Crippen LogP contribution in [0.15, 0.2) is 78.0 Å². The molecule has 342 valence electrons. The smallest absolute Gasteiger partial charge is 0.324 e. The number of nitrogens with one attached hydrogen (secondary N) is 2. The maximum absolute atomic E-state index is 15.0. The minimum Gasteiger partial charge on any atom is -0.464 e. The van der Waals surface area contributed by atoms with Gasteiger partial charge in [-0.15, -0.1) is 11.8 Å². The van der Waals surface area contributed by atoms with Gasteiger partial charge in [-0.25, -0.2) is 5.43 Å². The van der Waals surface area contributed by atoms with Crippen molar-refractivity contribution < 1.29 is 28.6 Å². The molecule has 2 amide bonds. The van der Waals surface area contributed by atoms with E-state index in [4.69, 9.17) is 29.2 Å². The molecular formula is C51H61N7O6S. The zero-order chi connectivity index (χ0) is 45.7. The SMILES string of the molecule is CCO[C@@H]1C2=NC(c3ccc4c(c3)c(c(-c3cccnc3[C@H](C)OC)n4CC)CC(C)(C)COC(=O)[C@@H]3CCCN(N3)C(=O)[C@H]1NC(=O)[C@H]1[C@H](C)[C@@H]1c1cc3ccccc3cn1)C(C)S2. The molecule has 0 spiro atoms. The molecule has 3 aliphatic heterocycles. The highest BCUT2D eigenvalue weighted by Crippen LogP contribution is 2.54. The van der Waals surface area contributed by atoms with Crippen LogP contribution in [0.3, 0.4) is 0 Å². The Morgan fingerprint density at radius 3 is 2.63 bits per heavy atom. The minimum absolute atomic E-state index is 0.00521. The zero-order valence-corrected chi connectivity index (χ0v) is 39.5. The number of hydrogen-bond donors (Lipinski definition) is 2. The molecule has 14 heteroatoms. The van der Waals surface area contributed by atoms with E-state index in [2.05, 4.69) is 86.3 Å². The first-order valence-corrected chi connectivity index (χ1v) is 24.1. The summed E-state index contributed by atoms with van der Waals surface area (Å²) in [5.74, 6) is -1.53. The van der Waals surface area contributed by atoms with Gasteiger partial charge in [0, 0.05) is 89.2 Å². The third kappa shape index (κ3) is 8.58. The highest BCUT2D eigenvalue weighted by Gasteiger charge is 2.55. The molecule has 4 aliphatic rings. The third-order valence-electron chi connectivity index (χ3n) is 13.8. The molecule has 0 radical (unpaired) electrons. The number of esters is 1. The summed E-state index contributed by atoms with van der Waals surface area (Å²) in [5.41, 5.74) is 9.77. The van der Waals surface area contributed by atoms with Crippen LogP contribution in [-0.2, 0) is 41.6 Å². The highest BCUT2D eigenvalue weighted by atomic mass is 32.2. The van der Waals surface area contributed by atoms with Gasteiger partial charge in [0.15, 0.2) is 0 Å². The number of hydrazine groups is 1. The van der Waals surface area contributed by atoms with E-state index in [0.29, 0.717) is 37.4 Å². The molecule has 1 saturated heterocycles. The molecule has 3 aromatic heterocycles. The second kappa shape index (κ2) is 18.3. The van der Waals surface area contributed by atoms with Gasteiger partial charge in [-0.2, -0.15) is 0 Å². The Hall–Kier alpha value is -5.15. The van der Waals surface area contributed by atoms with E-state index >= 15 is 0 Å². The number of cyclic esters (lactones) is 1. The number of thioether (sulfide) groups is 1. The fourth-order valence-corrected chi connectivity index (χ4v) is 11.5. The number of nitrogens with zero attached hydrogens (tertiary/aromatic N) is 5.